The van der Waals surface area contributed by atoms with E-state index in [9.17, 15) is 0 Å². The maximum Gasteiger partial charge on any atom is 0.698 e. The van der Waals surface area contributed by atoms with Gasteiger partial charge in [0.15, 0.2) is 0 Å². The molecule has 4 heteroatoms. The average Bonchev–Trinajstić information content (AvgIpc) is 1.89. The van der Waals surface area contributed by atoms with E-state index >= 15 is 0 Å². The Labute approximate surface area is 50.9 Å². The monoisotopic (exact) mass is 119 g/mol. The molecule has 0 aromatic heterocycles. The largest absolute Gasteiger partial charge is 0.698 e. The van der Waals surface area contributed by atoms with Crippen molar-refractivity contribution in [3.8, 4) is 0 Å². The normalized spacial score (nSPS) is 3.56. The second kappa shape index (κ2) is 5.92. The van der Waals surface area contributed by atoms with Crippen LogP contribution in [0.15, 0.2) is 6.58 Å². The predicted octanol–water partition coefficient (Wildman–Crippen LogP) is -1.86. The smallest absolute Gasteiger partial charge is 0.0232 e. The summed E-state index contributed by atoms with van der Waals surface area (Å²) in [6, 6.07) is 5.86. The minimum Gasteiger partial charge on any atom is 0.0232 e. The van der Waals surface area contributed by atoms with Crippen LogP contribution in [0, 0.1) is 5.41 Å². The standard InChI is InChI=1S/C5H3N4/c1-2-7-4-9-5-8-3-6/h6H,1H2/q+3. The molecule has 0 radical (unpaired) electrons. The zero-order valence-electron chi connectivity index (χ0n) is 4.55. The molecular weight excluding hydrogens is 116 g/mol. The molecule has 9 heavy (non-hydrogen) atoms. The van der Waals surface area contributed by atoms with Crippen molar-refractivity contribution in [1.29, 1.82) is 5.41 Å². The molecule has 0 aliphatic rings. The second-order valence-corrected chi connectivity index (χ2v) is 0.805. The van der Waals surface area contributed by atoms with Crippen LogP contribution < -0.4 is 14.0 Å². The van der Waals surface area contributed by atoms with E-state index in [1.807, 2.05) is 6.01 Å². The van der Waals surface area contributed by atoms with Gasteiger partial charge in [-0.25, -0.2) is 0 Å². The third-order valence-corrected chi connectivity index (χ3v) is 0.335. The molecule has 0 amide bonds. The van der Waals surface area contributed by atoms with Crippen LogP contribution in [0.3, 0.4) is 0 Å². The van der Waals surface area contributed by atoms with Gasteiger partial charge in [-0.1, -0.05) is 0 Å². The molecule has 4 nitrogen and oxygen atoms in total. The fourth-order valence-electron chi connectivity index (χ4n) is 0.133. The van der Waals surface area contributed by atoms with Gasteiger partial charge in [0.05, 0.1) is 9.34 Å². The molecule has 0 bridgehead atoms. The lowest BCUT2D eigenvalue weighted by Gasteiger charge is -1.05. The molecule has 0 fully saturated rings. The van der Waals surface area contributed by atoms with Crippen molar-refractivity contribution in [1.82, 2.24) is 14.0 Å². The van der Waals surface area contributed by atoms with E-state index in [1.165, 1.54) is 0 Å². The first-order chi connectivity index (χ1) is 4.41. The third kappa shape index (κ3) is 5.92. The number of nitrogens with zero attached hydrogens (tertiary/aromatic N) is 3. The lowest BCUT2D eigenvalue weighted by molar-refractivity contribution is 1.53. The molecule has 0 aromatic rings. The molecule has 0 saturated heterocycles. The lowest BCUT2D eigenvalue weighted by Crippen LogP contribution is -1.71. The highest BCUT2D eigenvalue weighted by atomic mass is 14.7. The quantitative estimate of drug-likeness (QED) is 0.287. The highest BCUT2D eigenvalue weighted by Crippen LogP contribution is 1.02. The van der Waals surface area contributed by atoms with Crippen molar-refractivity contribution in [2.75, 3.05) is 0 Å². The van der Waals surface area contributed by atoms with Crippen molar-refractivity contribution in [2.45, 2.75) is 0 Å². The molecule has 0 aromatic carbocycles. The van der Waals surface area contributed by atoms with Crippen molar-refractivity contribution in [3.63, 3.8) is 0 Å². The van der Waals surface area contributed by atoms with Gasteiger partial charge < -0.3 is 0 Å². The summed E-state index contributed by atoms with van der Waals surface area (Å²) >= 11 is 0. The molecular formula is C5H3N4+3. The minimum atomic E-state index is 1.70. The number of hydrogen-bond donors (Lipinski definition) is 1. The Morgan fingerprint density at radius 1 is 1.11 bits per heavy atom. The summed E-state index contributed by atoms with van der Waals surface area (Å²) < 4.78 is 9.56. The molecule has 40 valence electrons. The van der Waals surface area contributed by atoms with Gasteiger partial charge in [0.25, 0.3) is 0 Å². The molecule has 0 saturated carbocycles. The summed E-state index contributed by atoms with van der Waals surface area (Å²) in [5.74, 6) is 2.17. The summed E-state index contributed by atoms with van der Waals surface area (Å²) in [7, 11) is 0. The van der Waals surface area contributed by atoms with E-state index in [-0.39, 0.29) is 0 Å². The highest BCUT2D eigenvalue weighted by molar-refractivity contribution is 5.56. The van der Waals surface area contributed by atoms with Gasteiger partial charge in [0.1, 0.15) is 0 Å². The average molecular weight is 119 g/mol. The van der Waals surface area contributed by atoms with Crippen LogP contribution >= 0.6 is 0 Å². The maximum absolute atomic E-state index is 6.26. The summed E-state index contributed by atoms with van der Waals surface area (Å²) in [6.45, 7) is 3.15. The zero-order valence-corrected chi connectivity index (χ0v) is 4.55. The Bertz CT molecular complexity index is 293. The maximum atomic E-state index is 6.26. The Hall–Kier alpha value is -2.08. The van der Waals surface area contributed by atoms with Crippen molar-refractivity contribution in [2.24, 2.45) is 0 Å². The minimum absolute atomic E-state index is 1.70. The third-order valence-electron chi connectivity index (χ3n) is 0.335. The van der Waals surface area contributed by atoms with Crippen LogP contribution in [0.1, 0.15) is 0 Å². The van der Waals surface area contributed by atoms with Gasteiger partial charge in [-0.15, -0.1) is 0 Å². The Morgan fingerprint density at radius 2 is 1.78 bits per heavy atom. The molecule has 0 rings (SSSR count). The van der Waals surface area contributed by atoms with Gasteiger partial charge in [-0.3, -0.25) is 0 Å². The summed E-state index contributed by atoms with van der Waals surface area (Å²) in [5, 5.41) is 6.26. The molecule has 0 aliphatic heterocycles. The van der Waals surface area contributed by atoms with E-state index < -0.39 is 0 Å². The van der Waals surface area contributed by atoms with Crippen molar-refractivity contribution in [3.05, 3.63) is 6.58 Å². The van der Waals surface area contributed by atoms with Crippen LogP contribution in [0.25, 0.3) is 0 Å². The van der Waals surface area contributed by atoms with Gasteiger partial charge in [0.2, 0.25) is 0 Å². The number of nitrogens with one attached hydrogen (secondary N) is 1. The van der Waals surface area contributed by atoms with Gasteiger partial charge >= 0.3 is 23.9 Å². The predicted molar refractivity (Wildman–Crippen MR) is 34.8 cm³/mol. The first-order valence-electron chi connectivity index (χ1n) is 1.95. The SMILES string of the molecule is C=C=[N+]=C=[N+]=C=[N+]=C=N. The molecule has 0 aliphatic carbocycles. The lowest BCUT2D eigenvalue weighted by atomic mass is 11.2. The fourth-order valence-corrected chi connectivity index (χ4v) is 0.133. The van der Waals surface area contributed by atoms with E-state index in [1.54, 1.807) is 6.01 Å². The number of hydrogen-bond acceptors (Lipinski definition) is 1. The Morgan fingerprint density at radius 3 is 2.33 bits per heavy atom. The van der Waals surface area contributed by atoms with Crippen molar-refractivity contribution < 1.29 is 0 Å². The first kappa shape index (κ1) is 6.92. The summed E-state index contributed by atoms with van der Waals surface area (Å²) in [4.78, 5) is 0. The molecule has 1 N–H and O–H groups in total. The van der Waals surface area contributed by atoms with Crippen molar-refractivity contribution >= 4 is 23.9 Å². The van der Waals surface area contributed by atoms with E-state index in [2.05, 4.69) is 32.5 Å². The molecule has 0 unspecified atom stereocenters. The van der Waals surface area contributed by atoms with Gasteiger partial charge in [-0.2, -0.15) is 0 Å². The Kier molecular flexibility index (Phi) is 4.55. The summed E-state index contributed by atoms with van der Waals surface area (Å²) in [5.41, 5.74) is 0. The summed E-state index contributed by atoms with van der Waals surface area (Å²) in [6.07, 6.45) is 0. The van der Waals surface area contributed by atoms with Crippen LogP contribution in [-0.4, -0.2) is 23.9 Å². The first-order valence-corrected chi connectivity index (χ1v) is 1.95. The topological polar surface area (TPSA) is 66.2 Å². The zero-order chi connectivity index (χ0) is 6.95. The molecule has 0 atom stereocenters. The van der Waals surface area contributed by atoms with Gasteiger partial charge in [0, 0.05) is 16.7 Å². The van der Waals surface area contributed by atoms with E-state index in [4.69, 9.17) is 5.41 Å². The second-order valence-electron chi connectivity index (χ2n) is 0.805. The Balaban J connectivity index is 5.19. The van der Waals surface area contributed by atoms with Crippen LogP contribution in [-0.2, 0) is 0 Å². The van der Waals surface area contributed by atoms with E-state index in [0.717, 1.165) is 0 Å². The fraction of sp³-hybridized carbons (Fsp3) is 0. The van der Waals surface area contributed by atoms with E-state index in [0.29, 0.717) is 0 Å². The molecule has 0 spiro atoms. The number of rotatable bonds is 0. The van der Waals surface area contributed by atoms with Crippen LogP contribution in [0.2, 0.25) is 0 Å². The van der Waals surface area contributed by atoms with Crippen LogP contribution in [0.5, 0.6) is 0 Å². The van der Waals surface area contributed by atoms with Crippen LogP contribution in [0.4, 0.5) is 0 Å². The van der Waals surface area contributed by atoms with Gasteiger partial charge in [-0.05, 0) is 0 Å². The highest BCUT2D eigenvalue weighted by Gasteiger charge is 1.71. The molecule has 0 heterocycles.